The summed E-state index contributed by atoms with van der Waals surface area (Å²) < 4.78 is 63.0. The van der Waals surface area contributed by atoms with Crippen molar-refractivity contribution in [3.05, 3.63) is 35.4 Å². The third-order valence-electron chi connectivity index (χ3n) is 2.63. The van der Waals surface area contributed by atoms with Gasteiger partial charge in [0.25, 0.3) is 0 Å². The fourth-order valence-corrected chi connectivity index (χ4v) is 1.80. The summed E-state index contributed by atoms with van der Waals surface area (Å²) in [5.41, 5.74) is 0.344. The third-order valence-corrected chi connectivity index (χ3v) is 2.63. The number of benzene rings is 1. The molecular formula is C13H16F5N. The third kappa shape index (κ3) is 6.00. The second-order valence-corrected chi connectivity index (χ2v) is 4.42. The SMILES string of the molecule is CCCNC(Cc1ccc(F)c(F)c1)CC(F)(F)F. The van der Waals surface area contributed by atoms with Crippen molar-refractivity contribution in [3.8, 4) is 0 Å². The van der Waals surface area contributed by atoms with Gasteiger partial charge in [0.05, 0.1) is 6.42 Å². The summed E-state index contributed by atoms with van der Waals surface area (Å²) in [4.78, 5) is 0. The highest BCUT2D eigenvalue weighted by atomic mass is 19.4. The first-order valence-electron chi connectivity index (χ1n) is 6.06. The van der Waals surface area contributed by atoms with Crippen LogP contribution in [0.4, 0.5) is 22.0 Å². The van der Waals surface area contributed by atoms with Crippen molar-refractivity contribution < 1.29 is 22.0 Å². The highest BCUT2D eigenvalue weighted by Gasteiger charge is 2.31. The number of rotatable bonds is 6. The van der Waals surface area contributed by atoms with E-state index in [1.807, 2.05) is 6.92 Å². The van der Waals surface area contributed by atoms with Crippen LogP contribution in [0.2, 0.25) is 0 Å². The molecule has 0 aliphatic heterocycles. The van der Waals surface area contributed by atoms with E-state index < -0.39 is 30.3 Å². The molecule has 19 heavy (non-hydrogen) atoms. The Morgan fingerprint density at radius 2 is 1.84 bits per heavy atom. The van der Waals surface area contributed by atoms with Crippen LogP contribution >= 0.6 is 0 Å². The Bertz CT molecular complexity index is 403. The lowest BCUT2D eigenvalue weighted by Gasteiger charge is -2.20. The fraction of sp³-hybridized carbons (Fsp3) is 0.538. The average Bonchev–Trinajstić information content (AvgIpc) is 2.29. The Morgan fingerprint density at radius 1 is 1.16 bits per heavy atom. The minimum absolute atomic E-state index is 0.0106. The van der Waals surface area contributed by atoms with E-state index in [-0.39, 0.29) is 6.42 Å². The molecule has 1 aromatic rings. The molecule has 1 aromatic carbocycles. The first-order valence-corrected chi connectivity index (χ1v) is 6.06. The molecule has 1 rings (SSSR count). The van der Waals surface area contributed by atoms with E-state index in [0.717, 1.165) is 12.1 Å². The molecule has 0 aromatic heterocycles. The maximum atomic E-state index is 13.0. The van der Waals surface area contributed by atoms with E-state index >= 15 is 0 Å². The van der Waals surface area contributed by atoms with Crippen molar-refractivity contribution >= 4 is 0 Å². The number of halogens is 5. The van der Waals surface area contributed by atoms with Crippen molar-refractivity contribution in [2.75, 3.05) is 6.54 Å². The lowest BCUT2D eigenvalue weighted by atomic mass is 10.0. The van der Waals surface area contributed by atoms with Crippen molar-refractivity contribution in [1.29, 1.82) is 0 Å². The van der Waals surface area contributed by atoms with E-state index in [1.54, 1.807) is 0 Å². The zero-order chi connectivity index (χ0) is 14.5. The smallest absolute Gasteiger partial charge is 0.313 e. The van der Waals surface area contributed by atoms with Gasteiger partial charge in [0, 0.05) is 6.04 Å². The predicted octanol–water partition coefficient (Wildman–Crippen LogP) is 3.83. The van der Waals surface area contributed by atoms with E-state index in [9.17, 15) is 22.0 Å². The lowest BCUT2D eigenvalue weighted by molar-refractivity contribution is -0.139. The molecule has 0 aliphatic rings. The average molecular weight is 281 g/mol. The van der Waals surface area contributed by atoms with Gasteiger partial charge in [-0.15, -0.1) is 0 Å². The fourth-order valence-electron chi connectivity index (χ4n) is 1.80. The highest BCUT2D eigenvalue weighted by molar-refractivity contribution is 5.18. The molecule has 0 spiro atoms. The molecule has 108 valence electrons. The van der Waals surface area contributed by atoms with Crippen LogP contribution < -0.4 is 5.32 Å². The summed E-state index contributed by atoms with van der Waals surface area (Å²) >= 11 is 0. The summed E-state index contributed by atoms with van der Waals surface area (Å²) in [6.07, 6.45) is -4.57. The van der Waals surface area contributed by atoms with Crippen LogP contribution in [0.15, 0.2) is 18.2 Å². The molecule has 0 fully saturated rings. The number of hydrogen-bond donors (Lipinski definition) is 1. The van der Waals surface area contributed by atoms with Crippen LogP contribution in [0, 0.1) is 11.6 Å². The van der Waals surface area contributed by atoms with Gasteiger partial charge in [0.15, 0.2) is 11.6 Å². The van der Waals surface area contributed by atoms with Crippen molar-refractivity contribution in [2.45, 2.75) is 38.4 Å². The zero-order valence-electron chi connectivity index (χ0n) is 10.5. The van der Waals surface area contributed by atoms with Crippen LogP contribution in [-0.4, -0.2) is 18.8 Å². The van der Waals surface area contributed by atoms with E-state index in [1.165, 1.54) is 6.07 Å². The molecule has 0 saturated heterocycles. The molecule has 1 nitrogen and oxygen atoms in total. The lowest BCUT2D eigenvalue weighted by Crippen LogP contribution is -2.36. The Hall–Kier alpha value is -1.17. The molecule has 0 heterocycles. The monoisotopic (exact) mass is 281 g/mol. The van der Waals surface area contributed by atoms with Gasteiger partial charge >= 0.3 is 6.18 Å². The molecule has 0 saturated carbocycles. The Balaban J connectivity index is 2.72. The Morgan fingerprint density at radius 3 is 2.37 bits per heavy atom. The summed E-state index contributed by atoms with van der Waals surface area (Å²) in [5, 5.41) is 2.77. The summed E-state index contributed by atoms with van der Waals surface area (Å²) in [7, 11) is 0. The van der Waals surface area contributed by atoms with Crippen LogP contribution in [0.1, 0.15) is 25.3 Å². The summed E-state index contributed by atoms with van der Waals surface area (Å²) in [6, 6.07) is 2.33. The molecule has 0 aliphatic carbocycles. The zero-order valence-corrected chi connectivity index (χ0v) is 10.5. The first kappa shape index (κ1) is 15.9. The van der Waals surface area contributed by atoms with Gasteiger partial charge in [-0.3, -0.25) is 0 Å². The molecule has 1 atom stereocenters. The van der Waals surface area contributed by atoms with Crippen LogP contribution in [0.25, 0.3) is 0 Å². The minimum Gasteiger partial charge on any atom is -0.313 e. The second kappa shape index (κ2) is 6.84. The Kier molecular flexibility index (Phi) is 5.72. The second-order valence-electron chi connectivity index (χ2n) is 4.42. The molecule has 0 amide bonds. The minimum atomic E-state index is -4.29. The van der Waals surface area contributed by atoms with Gasteiger partial charge < -0.3 is 5.32 Å². The van der Waals surface area contributed by atoms with Crippen molar-refractivity contribution in [3.63, 3.8) is 0 Å². The molecule has 1 unspecified atom stereocenters. The number of hydrogen-bond acceptors (Lipinski definition) is 1. The number of nitrogens with one attached hydrogen (secondary N) is 1. The maximum Gasteiger partial charge on any atom is 0.390 e. The van der Waals surface area contributed by atoms with E-state index in [2.05, 4.69) is 5.32 Å². The number of alkyl halides is 3. The molecule has 0 bridgehead atoms. The van der Waals surface area contributed by atoms with Gasteiger partial charge in [0.1, 0.15) is 0 Å². The quantitative estimate of drug-likeness (QED) is 0.781. The van der Waals surface area contributed by atoms with E-state index in [4.69, 9.17) is 0 Å². The molecule has 1 N–H and O–H groups in total. The van der Waals surface area contributed by atoms with Crippen LogP contribution in [-0.2, 0) is 6.42 Å². The van der Waals surface area contributed by atoms with Gasteiger partial charge in [-0.2, -0.15) is 13.2 Å². The molecular weight excluding hydrogens is 265 g/mol. The van der Waals surface area contributed by atoms with Crippen LogP contribution in [0.3, 0.4) is 0 Å². The van der Waals surface area contributed by atoms with Crippen LogP contribution in [0.5, 0.6) is 0 Å². The molecule has 6 heteroatoms. The standard InChI is InChI=1S/C13H16F5N/c1-2-5-19-10(8-13(16,17)18)6-9-3-4-11(14)12(15)7-9/h3-4,7,10,19H,2,5-6,8H2,1H3. The van der Waals surface area contributed by atoms with Gasteiger partial charge in [-0.05, 0) is 37.1 Å². The van der Waals surface area contributed by atoms with Crippen molar-refractivity contribution in [2.24, 2.45) is 0 Å². The predicted molar refractivity (Wildman–Crippen MR) is 62.8 cm³/mol. The first-order chi connectivity index (χ1) is 8.81. The summed E-state index contributed by atoms with van der Waals surface area (Å²) in [6.45, 7) is 2.29. The van der Waals surface area contributed by atoms with Gasteiger partial charge in [0.2, 0.25) is 0 Å². The topological polar surface area (TPSA) is 12.0 Å². The largest absolute Gasteiger partial charge is 0.390 e. The van der Waals surface area contributed by atoms with Crippen molar-refractivity contribution in [1.82, 2.24) is 5.32 Å². The highest BCUT2D eigenvalue weighted by Crippen LogP contribution is 2.23. The van der Waals surface area contributed by atoms with Gasteiger partial charge in [-0.25, -0.2) is 8.78 Å². The summed E-state index contributed by atoms with van der Waals surface area (Å²) in [5.74, 6) is -2.05. The normalized spacial score (nSPS) is 13.6. The molecule has 0 radical (unpaired) electrons. The Labute approximate surface area is 108 Å². The maximum absolute atomic E-state index is 13.0. The van der Waals surface area contributed by atoms with E-state index in [0.29, 0.717) is 18.5 Å². The van der Waals surface area contributed by atoms with Gasteiger partial charge in [-0.1, -0.05) is 13.0 Å².